The molecule has 1 aromatic heterocycles. The summed E-state index contributed by atoms with van der Waals surface area (Å²) in [5.41, 5.74) is 0.516. The van der Waals surface area contributed by atoms with Gasteiger partial charge in [-0.3, -0.25) is 14.9 Å². The number of nitro groups is 1. The Kier molecular flexibility index (Phi) is 3.04. The van der Waals surface area contributed by atoms with Gasteiger partial charge in [-0.1, -0.05) is 36.4 Å². The number of non-ortho nitro benzene ring substituents is 1. The maximum atomic E-state index is 12.3. The van der Waals surface area contributed by atoms with E-state index in [4.69, 9.17) is 0 Å². The maximum absolute atomic E-state index is 12.3. The summed E-state index contributed by atoms with van der Waals surface area (Å²) >= 11 is 1.15. The van der Waals surface area contributed by atoms with Gasteiger partial charge in [0.25, 0.3) is 5.69 Å². The van der Waals surface area contributed by atoms with E-state index in [1.165, 1.54) is 6.07 Å². The van der Waals surface area contributed by atoms with Crippen molar-refractivity contribution in [2.75, 3.05) is 0 Å². The highest BCUT2D eigenvalue weighted by Crippen LogP contribution is 2.26. The van der Waals surface area contributed by atoms with E-state index >= 15 is 0 Å². The number of fused-ring (bicyclic) bond motifs is 2. The number of para-hydroxylation sites is 1. The molecule has 0 aliphatic rings. The Morgan fingerprint density at radius 3 is 2.50 bits per heavy atom. The molecule has 1 heterocycles. The van der Waals surface area contributed by atoms with E-state index in [1.54, 1.807) is 18.2 Å². The van der Waals surface area contributed by atoms with E-state index < -0.39 is 4.92 Å². The molecular weight excluding hydrogens is 274 g/mol. The van der Waals surface area contributed by atoms with Crippen molar-refractivity contribution in [1.29, 1.82) is 0 Å². The van der Waals surface area contributed by atoms with E-state index in [1.807, 2.05) is 30.3 Å². The van der Waals surface area contributed by atoms with Crippen LogP contribution in [0.1, 0.15) is 5.56 Å². The minimum Gasteiger partial charge on any atom is -0.287 e. The second-order valence-electron chi connectivity index (χ2n) is 4.26. The molecule has 20 heavy (non-hydrogen) atoms. The first kappa shape index (κ1) is 12.5. The number of nitrogens with zero attached hydrogens (tertiary/aromatic N) is 1. The van der Waals surface area contributed by atoms with Crippen LogP contribution in [-0.2, 0) is 0 Å². The van der Waals surface area contributed by atoms with Gasteiger partial charge < -0.3 is 0 Å². The molecule has 3 aromatic rings. The van der Waals surface area contributed by atoms with Crippen LogP contribution in [0.2, 0.25) is 0 Å². The van der Waals surface area contributed by atoms with E-state index in [0.29, 0.717) is 9.23 Å². The van der Waals surface area contributed by atoms with Crippen molar-refractivity contribution in [3.8, 4) is 0 Å². The summed E-state index contributed by atoms with van der Waals surface area (Å²) in [6.07, 6.45) is 1.76. The molecule has 0 unspecified atom stereocenters. The molecule has 0 amide bonds. The van der Waals surface area contributed by atoms with Crippen LogP contribution in [0.25, 0.3) is 16.2 Å². The van der Waals surface area contributed by atoms with Gasteiger partial charge in [0.15, 0.2) is 0 Å². The van der Waals surface area contributed by atoms with Gasteiger partial charge >= 0.3 is 0 Å². The van der Waals surface area contributed by atoms with Crippen LogP contribution in [0.15, 0.2) is 53.3 Å². The standard InChI is InChI=1S/C15H9NO3S/c17-15-11-7-4-8-12(14(11)16(18)19)20-13(15)9-10-5-2-1-3-6-10/h1-9H. The van der Waals surface area contributed by atoms with Gasteiger partial charge in [-0.2, -0.15) is 0 Å². The van der Waals surface area contributed by atoms with E-state index in [9.17, 15) is 14.9 Å². The fourth-order valence-electron chi connectivity index (χ4n) is 2.07. The van der Waals surface area contributed by atoms with E-state index in [0.717, 1.165) is 16.9 Å². The molecule has 0 saturated heterocycles. The minimum atomic E-state index is -0.491. The van der Waals surface area contributed by atoms with Crippen LogP contribution < -0.4 is 9.96 Å². The smallest absolute Gasteiger partial charge is 0.287 e. The van der Waals surface area contributed by atoms with Crippen molar-refractivity contribution in [3.05, 3.63) is 79.0 Å². The summed E-state index contributed by atoms with van der Waals surface area (Å²) in [6.45, 7) is 0. The fraction of sp³-hybridized carbons (Fsp3) is 0. The molecule has 4 nitrogen and oxygen atoms in total. The summed E-state index contributed by atoms with van der Waals surface area (Å²) in [7, 11) is 0. The van der Waals surface area contributed by atoms with Gasteiger partial charge in [-0.15, -0.1) is 11.3 Å². The highest BCUT2D eigenvalue weighted by atomic mass is 32.1. The van der Waals surface area contributed by atoms with E-state index in [2.05, 4.69) is 0 Å². The Morgan fingerprint density at radius 1 is 1.05 bits per heavy atom. The van der Waals surface area contributed by atoms with Crippen molar-refractivity contribution in [1.82, 2.24) is 0 Å². The minimum absolute atomic E-state index is 0.0901. The summed E-state index contributed by atoms with van der Waals surface area (Å²) in [5.74, 6) is 0. The van der Waals surface area contributed by atoms with Crippen molar-refractivity contribution in [3.63, 3.8) is 0 Å². The number of benzene rings is 2. The first-order valence-corrected chi connectivity index (χ1v) is 6.75. The van der Waals surface area contributed by atoms with Crippen LogP contribution in [0.4, 0.5) is 5.69 Å². The molecular formula is C15H9NO3S. The normalized spacial score (nSPS) is 11.9. The first-order chi connectivity index (χ1) is 9.66. The van der Waals surface area contributed by atoms with Gasteiger partial charge in [0.05, 0.1) is 9.46 Å². The van der Waals surface area contributed by atoms with Gasteiger partial charge in [-0.05, 0) is 23.8 Å². The Balaban J connectivity index is 2.36. The Bertz CT molecular complexity index is 900. The zero-order valence-corrected chi connectivity index (χ0v) is 11.1. The third-order valence-corrected chi connectivity index (χ3v) is 4.04. The molecule has 0 N–H and O–H groups in total. The number of hydrogen-bond donors (Lipinski definition) is 0. The second-order valence-corrected chi connectivity index (χ2v) is 5.34. The van der Waals surface area contributed by atoms with E-state index in [-0.39, 0.29) is 16.5 Å². The fourth-order valence-corrected chi connectivity index (χ4v) is 3.13. The zero-order chi connectivity index (χ0) is 14.1. The number of hydrogen-bond acceptors (Lipinski definition) is 4. The van der Waals surface area contributed by atoms with Crippen LogP contribution in [0, 0.1) is 10.1 Å². The number of nitro benzene ring substituents is 1. The molecule has 98 valence electrons. The molecule has 5 heteroatoms. The summed E-state index contributed by atoms with van der Waals surface area (Å²) < 4.78 is 1.02. The molecule has 0 aliphatic heterocycles. The zero-order valence-electron chi connectivity index (χ0n) is 10.3. The van der Waals surface area contributed by atoms with Crippen LogP contribution in [0.5, 0.6) is 0 Å². The summed E-state index contributed by atoms with van der Waals surface area (Å²) in [6, 6.07) is 14.3. The molecule has 0 atom stereocenters. The predicted octanol–water partition coefficient (Wildman–Crippen LogP) is 2.72. The lowest BCUT2D eigenvalue weighted by molar-refractivity contribution is -0.381. The predicted molar refractivity (Wildman–Crippen MR) is 80.0 cm³/mol. The lowest BCUT2D eigenvalue weighted by atomic mass is 10.2. The van der Waals surface area contributed by atoms with Crippen LogP contribution in [0.3, 0.4) is 0 Å². The molecule has 0 aliphatic carbocycles. The lowest BCUT2D eigenvalue weighted by Crippen LogP contribution is -2.22. The number of rotatable bonds is 2. The average molecular weight is 283 g/mol. The third kappa shape index (κ3) is 2.08. The lowest BCUT2D eigenvalue weighted by Gasteiger charge is -1.99. The largest absolute Gasteiger partial charge is 0.297 e. The quantitative estimate of drug-likeness (QED) is 0.536. The molecule has 0 saturated carbocycles. The highest BCUT2D eigenvalue weighted by molar-refractivity contribution is 7.16. The second kappa shape index (κ2) is 4.86. The van der Waals surface area contributed by atoms with Crippen LogP contribution >= 0.6 is 11.3 Å². The third-order valence-electron chi connectivity index (χ3n) is 2.97. The molecule has 2 bridgehead atoms. The Morgan fingerprint density at radius 2 is 1.80 bits per heavy atom. The molecule has 2 aromatic carbocycles. The van der Waals surface area contributed by atoms with Crippen molar-refractivity contribution in [2.45, 2.75) is 0 Å². The van der Waals surface area contributed by atoms with Gasteiger partial charge in [0.1, 0.15) is 10.1 Å². The Labute approximate surface area is 117 Å². The maximum Gasteiger partial charge on any atom is 0.297 e. The topological polar surface area (TPSA) is 60.2 Å². The highest BCUT2D eigenvalue weighted by Gasteiger charge is 2.18. The van der Waals surface area contributed by atoms with Crippen molar-refractivity contribution < 1.29 is 4.92 Å². The van der Waals surface area contributed by atoms with Gasteiger partial charge in [0, 0.05) is 0 Å². The molecule has 0 spiro atoms. The van der Waals surface area contributed by atoms with Gasteiger partial charge in [0.2, 0.25) is 5.43 Å². The summed E-state index contributed by atoms with van der Waals surface area (Å²) in [4.78, 5) is 22.9. The SMILES string of the molecule is O=c1c(=Cc2ccccc2)sc2cccc1c2[N+](=O)[O-]. The molecule has 0 radical (unpaired) electrons. The summed E-state index contributed by atoms with van der Waals surface area (Å²) in [5, 5.41) is 11.2. The first-order valence-electron chi connectivity index (χ1n) is 5.93. The average Bonchev–Trinajstić information content (AvgIpc) is 2.45. The van der Waals surface area contributed by atoms with Crippen molar-refractivity contribution >= 4 is 33.2 Å². The molecule has 3 rings (SSSR count). The van der Waals surface area contributed by atoms with Gasteiger partial charge in [-0.25, -0.2) is 0 Å². The monoisotopic (exact) mass is 283 g/mol. The Hall–Kier alpha value is -2.53. The van der Waals surface area contributed by atoms with Crippen LogP contribution in [-0.4, -0.2) is 4.92 Å². The van der Waals surface area contributed by atoms with Crippen molar-refractivity contribution in [2.24, 2.45) is 0 Å². The molecule has 0 fully saturated rings.